The first-order chi connectivity index (χ1) is 3.27. The molecule has 1 N–H and O–H groups in total. The van der Waals surface area contributed by atoms with Crippen molar-refractivity contribution in [3.63, 3.8) is 0 Å². The molecule has 0 unspecified atom stereocenters. The van der Waals surface area contributed by atoms with Crippen molar-refractivity contribution in [2.45, 2.75) is 19.9 Å². The summed E-state index contributed by atoms with van der Waals surface area (Å²) in [4.78, 5) is 13.1. The number of nitrogens with zero attached hydrogens (tertiary/aromatic N) is 1. The molecule has 0 aromatic heterocycles. The van der Waals surface area contributed by atoms with E-state index in [0.29, 0.717) is 0 Å². The molecule has 0 saturated heterocycles. The smallest absolute Gasteiger partial charge is 0.176 e. The first-order valence-electron chi connectivity index (χ1n) is 2.01. The van der Waals surface area contributed by atoms with Gasteiger partial charge in [0.2, 0.25) is 0 Å². The molecule has 0 heterocycles. The van der Waals surface area contributed by atoms with E-state index < -0.39 is 0 Å². The lowest BCUT2D eigenvalue weighted by atomic mass is 10.4. The van der Waals surface area contributed by atoms with Crippen LogP contribution in [0.15, 0.2) is 5.34 Å². The second kappa shape index (κ2) is 3.55. The summed E-state index contributed by atoms with van der Waals surface area (Å²) >= 11 is 0. The van der Waals surface area contributed by atoms with Crippen molar-refractivity contribution in [3.05, 3.63) is 4.91 Å². The Labute approximate surface area is 41.7 Å². The van der Waals surface area contributed by atoms with Crippen molar-refractivity contribution < 1.29 is 4.94 Å². The second-order valence-corrected chi connectivity index (χ2v) is 1.44. The highest BCUT2D eigenvalue weighted by molar-refractivity contribution is 4.36. The van der Waals surface area contributed by atoms with Gasteiger partial charge in [0.1, 0.15) is 0 Å². The van der Waals surface area contributed by atoms with Crippen LogP contribution in [0.4, 0.5) is 0 Å². The van der Waals surface area contributed by atoms with Crippen LogP contribution in [0.2, 0.25) is 0 Å². The number of hydrogen-bond donors (Lipinski definition) is 1. The van der Waals surface area contributed by atoms with Gasteiger partial charge >= 0.3 is 0 Å². The standard InChI is InChI=1S/C3H8N2O2/c1-3(2)4-7-5-6/h3-4H,1-2H3. The summed E-state index contributed by atoms with van der Waals surface area (Å²) in [6.07, 6.45) is 0. The summed E-state index contributed by atoms with van der Waals surface area (Å²) in [5.41, 5.74) is 2.32. The number of hydroxylamine groups is 1. The first kappa shape index (κ1) is 6.36. The van der Waals surface area contributed by atoms with Gasteiger partial charge in [0, 0.05) is 6.04 Å². The Hall–Kier alpha value is -0.640. The fourth-order valence-electron chi connectivity index (χ4n) is 0.127. The van der Waals surface area contributed by atoms with Gasteiger partial charge in [-0.25, -0.2) is 0 Å². The Bertz CT molecular complexity index is 54.9. The Kier molecular flexibility index (Phi) is 3.22. The molecule has 0 spiro atoms. The van der Waals surface area contributed by atoms with E-state index >= 15 is 0 Å². The van der Waals surface area contributed by atoms with Crippen molar-refractivity contribution in [1.29, 1.82) is 0 Å². The normalized spacial score (nSPS) is 9.00. The lowest BCUT2D eigenvalue weighted by Crippen LogP contribution is -2.19. The van der Waals surface area contributed by atoms with Crippen molar-refractivity contribution >= 4 is 0 Å². The highest BCUT2D eigenvalue weighted by atomic mass is 16.8. The quantitative estimate of drug-likeness (QED) is 0.421. The zero-order valence-corrected chi connectivity index (χ0v) is 4.34. The van der Waals surface area contributed by atoms with Gasteiger partial charge in [-0.1, -0.05) is 0 Å². The van der Waals surface area contributed by atoms with Crippen LogP contribution in [0, 0.1) is 4.91 Å². The van der Waals surface area contributed by atoms with Gasteiger partial charge in [-0.05, 0) is 13.8 Å². The maximum absolute atomic E-state index is 9.17. The van der Waals surface area contributed by atoms with Crippen LogP contribution in [0.5, 0.6) is 0 Å². The summed E-state index contributed by atoms with van der Waals surface area (Å²) in [6, 6.07) is 0.137. The molecule has 0 aromatic carbocycles. The minimum atomic E-state index is 0.137. The molecule has 0 aliphatic heterocycles. The summed E-state index contributed by atoms with van der Waals surface area (Å²) in [5, 5.41) is 2.11. The van der Waals surface area contributed by atoms with Crippen LogP contribution < -0.4 is 5.48 Å². The van der Waals surface area contributed by atoms with Crippen LogP contribution in [0.1, 0.15) is 13.8 Å². The average molecular weight is 104 g/mol. The molecule has 0 saturated carbocycles. The molecular formula is C3H8N2O2. The fourth-order valence-corrected chi connectivity index (χ4v) is 0.127. The Balaban J connectivity index is 2.81. The highest BCUT2D eigenvalue weighted by Gasteiger charge is 1.87. The van der Waals surface area contributed by atoms with E-state index in [-0.39, 0.29) is 6.04 Å². The predicted octanol–water partition coefficient (Wildman–Crippen LogP) is 0.597. The molecule has 4 nitrogen and oxygen atoms in total. The van der Waals surface area contributed by atoms with Crippen LogP contribution in [-0.4, -0.2) is 6.04 Å². The van der Waals surface area contributed by atoms with E-state index in [0.717, 1.165) is 0 Å². The van der Waals surface area contributed by atoms with Crippen LogP contribution in [0.3, 0.4) is 0 Å². The Morgan fingerprint density at radius 2 is 2.29 bits per heavy atom. The minimum absolute atomic E-state index is 0.137. The van der Waals surface area contributed by atoms with E-state index in [1.807, 2.05) is 13.8 Å². The summed E-state index contributed by atoms with van der Waals surface area (Å²) < 4.78 is 0. The van der Waals surface area contributed by atoms with Crippen molar-refractivity contribution in [1.82, 2.24) is 5.48 Å². The third-order valence-electron chi connectivity index (χ3n) is 0.326. The van der Waals surface area contributed by atoms with Gasteiger partial charge in [-0.3, -0.25) is 4.94 Å². The topological polar surface area (TPSA) is 50.7 Å². The van der Waals surface area contributed by atoms with Gasteiger partial charge in [-0.15, -0.1) is 10.4 Å². The first-order valence-corrected chi connectivity index (χ1v) is 2.01. The molecule has 0 bridgehead atoms. The maximum Gasteiger partial charge on any atom is 0.176 e. The number of hydrogen-bond acceptors (Lipinski definition) is 4. The Morgan fingerprint density at radius 3 is 2.43 bits per heavy atom. The van der Waals surface area contributed by atoms with Gasteiger partial charge in [-0.2, -0.15) is 0 Å². The lowest BCUT2D eigenvalue weighted by Gasteiger charge is -1.98. The Morgan fingerprint density at radius 1 is 1.71 bits per heavy atom. The van der Waals surface area contributed by atoms with Crippen LogP contribution >= 0.6 is 0 Å². The van der Waals surface area contributed by atoms with Gasteiger partial charge < -0.3 is 0 Å². The largest absolute Gasteiger partial charge is 0.263 e. The zero-order valence-electron chi connectivity index (χ0n) is 4.34. The summed E-state index contributed by atoms with van der Waals surface area (Å²) in [5.74, 6) is 0. The average Bonchev–Trinajstić information content (AvgIpc) is 1.61. The lowest BCUT2D eigenvalue weighted by molar-refractivity contribution is 0.0253. The predicted molar refractivity (Wildman–Crippen MR) is 25.2 cm³/mol. The van der Waals surface area contributed by atoms with E-state index in [9.17, 15) is 4.91 Å². The molecular weight excluding hydrogens is 96.0 g/mol. The van der Waals surface area contributed by atoms with Crippen LogP contribution in [-0.2, 0) is 4.94 Å². The van der Waals surface area contributed by atoms with E-state index in [1.54, 1.807) is 0 Å². The SMILES string of the molecule is CC(C)NON=O. The molecule has 0 amide bonds. The molecule has 0 aromatic rings. The summed E-state index contributed by atoms with van der Waals surface area (Å²) in [6.45, 7) is 3.68. The number of rotatable bonds is 3. The molecule has 0 aliphatic carbocycles. The molecule has 4 heteroatoms. The minimum Gasteiger partial charge on any atom is -0.263 e. The molecule has 0 aliphatic rings. The maximum atomic E-state index is 9.17. The van der Waals surface area contributed by atoms with Crippen molar-refractivity contribution in [2.75, 3.05) is 0 Å². The summed E-state index contributed by atoms with van der Waals surface area (Å²) in [7, 11) is 0. The van der Waals surface area contributed by atoms with E-state index in [2.05, 4.69) is 15.8 Å². The molecule has 0 atom stereocenters. The van der Waals surface area contributed by atoms with E-state index in [4.69, 9.17) is 0 Å². The monoisotopic (exact) mass is 104 g/mol. The highest BCUT2D eigenvalue weighted by Crippen LogP contribution is 1.74. The van der Waals surface area contributed by atoms with Gasteiger partial charge in [0.25, 0.3) is 0 Å². The molecule has 0 radical (unpaired) electrons. The third kappa shape index (κ3) is 5.36. The van der Waals surface area contributed by atoms with E-state index in [1.165, 1.54) is 0 Å². The van der Waals surface area contributed by atoms with Gasteiger partial charge in [0.15, 0.2) is 5.34 Å². The van der Waals surface area contributed by atoms with Gasteiger partial charge in [0.05, 0.1) is 0 Å². The molecule has 0 rings (SSSR count). The second-order valence-electron chi connectivity index (χ2n) is 1.44. The third-order valence-corrected chi connectivity index (χ3v) is 0.326. The zero-order chi connectivity index (χ0) is 5.70. The van der Waals surface area contributed by atoms with Crippen LogP contribution in [0.25, 0.3) is 0 Å². The molecule has 7 heavy (non-hydrogen) atoms. The molecule has 0 fully saturated rings. The number of nitrogens with one attached hydrogen (secondary N) is 1. The fraction of sp³-hybridized carbons (Fsp3) is 1.00. The van der Waals surface area contributed by atoms with Crippen molar-refractivity contribution in [2.24, 2.45) is 5.34 Å². The molecule has 42 valence electrons. The van der Waals surface area contributed by atoms with Crippen molar-refractivity contribution in [3.8, 4) is 0 Å².